The Kier molecular flexibility index (Phi) is 8.65. The molecule has 14 heteroatoms. The van der Waals surface area contributed by atoms with E-state index in [0.29, 0.717) is 31.6 Å². The van der Waals surface area contributed by atoms with E-state index in [1.54, 1.807) is 49.9 Å². The molecule has 3 heterocycles. The number of nitrogens with two attached hydrogens (primary N) is 1. The number of fused-ring (bicyclic) bond motifs is 3. The monoisotopic (exact) mass is 692 g/mol. The average molecular weight is 693 g/mol. The van der Waals surface area contributed by atoms with Crippen LogP contribution in [-0.4, -0.2) is 69.7 Å². The third kappa shape index (κ3) is 6.44. The van der Waals surface area contributed by atoms with Gasteiger partial charge >= 0.3 is 10.2 Å². The number of carbonyl (C=O) groups excluding carboxylic acids is 2. The minimum Gasteiger partial charge on any atom is -0.361 e. The first-order valence-electron chi connectivity index (χ1n) is 15.8. The molecule has 1 saturated heterocycles. The van der Waals surface area contributed by atoms with Gasteiger partial charge in [-0.15, -0.1) is 0 Å². The van der Waals surface area contributed by atoms with Crippen LogP contribution in [0.3, 0.4) is 0 Å². The van der Waals surface area contributed by atoms with Crippen LogP contribution >= 0.6 is 0 Å². The van der Waals surface area contributed by atoms with E-state index in [2.05, 4.69) is 10.3 Å². The van der Waals surface area contributed by atoms with Crippen molar-refractivity contribution < 1.29 is 26.4 Å². The molecule has 2 amide bonds. The number of nitrogens with one attached hydrogen (secondary N) is 3. The highest BCUT2D eigenvalue weighted by Crippen LogP contribution is 2.48. The Morgan fingerprint density at radius 1 is 0.958 bits per heavy atom. The maximum absolute atomic E-state index is 14.1. The second-order valence-electron chi connectivity index (χ2n) is 13.3. The fourth-order valence-electron chi connectivity index (χ4n) is 6.62. The molecule has 48 heavy (non-hydrogen) atoms. The molecule has 0 radical (unpaired) electrons. The van der Waals surface area contributed by atoms with Crippen LogP contribution in [0.15, 0.2) is 83.9 Å². The van der Waals surface area contributed by atoms with E-state index >= 15 is 0 Å². The van der Waals surface area contributed by atoms with Gasteiger partial charge in [-0.25, -0.2) is 8.42 Å². The number of aromatic nitrogens is 1. The standard InChI is InChI=1S/C34H40N6O6S2/c1-23-12-14-25(15-13-23)47(43,44)38-48(45,46)40-22-34(27-9-5-7-11-30(27)40)16-18-39(19-17-34)31(41)29(37-32(42)33(2,3)35)20-24-21-36-28-10-6-4-8-26(24)28/h4-15,21,29,36,38H,16-20,22,35H2,1-3H3,(H,37,42)/t29-/m1/s1. The number of aryl methyl sites for hydroxylation is 1. The fourth-order valence-corrected chi connectivity index (χ4v) is 9.80. The van der Waals surface area contributed by atoms with Crippen molar-refractivity contribution in [1.29, 1.82) is 0 Å². The Hall–Kier alpha value is -4.24. The second kappa shape index (κ2) is 12.3. The summed E-state index contributed by atoms with van der Waals surface area (Å²) in [6.45, 7) is 5.60. The van der Waals surface area contributed by atoms with Gasteiger partial charge in [0, 0.05) is 48.6 Å². The number of amides is 2. The zero-order valence-corrected chi connectivity index (χ0v) is 28.7. The molecule has 5 N–H and O–H groups in total. The largest absolute Gasteiger partial charge is 0.361 e. The van der Waals surface area contributed by atoms with E-state index in [0.717, 1.165) is 31.9 Å². The van der Waals surface area contributed by atoms with Gasteiger partial charge in [0.1, 0.15) is 6.04 Å². The van der Waals surface area contributed by atoms with Crippen molar-refractivity contribution in [2.75, 3.05) is 23.9 Å². The summed E-state index contributed by atoms with van der Waals surface area (Å²) in [6.07, 6.45) is 2.96. The molecule has 6 rings (SSSR count). The maximum atomic E-state index is 14.1. The lowest BCUT2D eigenvalue weighted by Crippen LogP contribution is -2.58. The van der Waals surface area contributed by atoms with Crippen LogP contribution < -0.4 is 19.5 Å². The number of likely N-dealkylation sites (tertiary alicyclic amines) is 1. The first-order valence-corrected chi connectivity index (χ1v) is 18.7. The van der Waals surface area contributed by atoms with E-state index in [4.69, 9.17) is 5.73 Å². The number of nitrogens with zero attached hydrogens (tertiary/aromatic N) is 2. The number of hydrogen-bond acceptors (Lipinski definition) is 7. The van der Waals surface area contributed by atoms with Crippen molar-refractivity contribution in [2.24, 2.45) is 5.73 Å². The van der Waals surface area contributed by atoms with Gasteiger partial charge in [0.2, 0.25) is 11.8 Å². The lowest BCUT2D eigenvalue weighted by molar-refractivity contribution is -0.138. The number of sulfonamides is 1. The number of benzene rings is 3. The molecule has 12 nitrogen and oxygen atoms in total. The molecular formula is C34H40N6O6S2. The number of aromatic amines is 1. The Bertz CT molecular complexity index is 2080. The third-order valence-electron chi connectivity index (χ3n) is 9.35. The molecule has 2 aliphatic rings. The molecule has 1 fully saturated rings. The highest BCUT2D eigenvalue weighted by atomic mass is 32.3. The van der Waals surface area contributed by atoms with Crippen molar-refractivity contribution in [3.8, 4) is 0 Å². The third-order valence-corrected chi connectivity index (χ3v) is 12.9. The molecular weight excluding hydrogens is 653 g/mol. The lowest BCUT2D eigenvalue weighted by atomic mass is 9.74. The van der Waals surface area contributed by atoms with Crippen molar-refractivity contribution in [3.05, 3.63) is 95.7 Å². The molecule has 4 aromatic rings. The molecule has 1 aromatic heterocycles. The van der Waals surface area contributed by atoms with Gasteiger partial charge in [-0.1, -0.05) is 58.2 Å². The van der Waals surface area contributed by atoms with Crippen LogP contribution in [0.5, 0.6) is 0 Å². The summed E-state index contributed by atoms with van der Waals surface area (Å²) < 4.78 is 56.6. The summed E-state index contributed by atoms with van der Waals surface area (Å²) in [7, 11) is -8.91. The van der Waals surface area contributed by atoms with E-state index in [1.165, 1.54) is 12.1 Å². The van der Waals surface area contributed by atoms with Crippen LogP contribution in [0.1, 0.15) is 43.4 Å². The molecule has 0 bridgehead atoms. The van der Waals surface area contributed by atoms with Gasteiger partial charge in [0.05, 0.1) is 16.1 Å². The number of rotatable bonds is 9. The predicted octanol–water partition coefficient (Wildman–Crippen LogP) is 2.84. The minimum atomic E-state index is -4.53. The van der Waals surface area contributed by atoms with Crippen molar-refractivity contribution in [2.45, 2.75) is 61.9 Å². The molecule has 0 unspecified atom stereocenters. The number of anilines is 1. The molecule has 1 spiro atoms. The van der Waals surface area contributed by atoms with Gasteiger partial charge < -0.3 is 20.9 Å². The van der Waals surface area contributed by atoms with Gasteiger partial charge in [-0.05, 0) is 69.0 Å². The van der Waals surface area contributed by atoms with Crippen molar-refractivity contribution in [1.82, 2.24) is 19.3 Å². The highest BCUT2D eigenvalue weighted by Gasteiger charge is 2.49. The summed E-state index contributed by atoms with van der Waals surface area (Å²) in [5, 5.41) is 3.83. The Labute approximate surface area is 280 Å². The number of hydrogen-bond donors (Lipinski definition) is 4. The van der Waals surface area contributed by atoms with E-state index in [-0.39, 0.29) is 23.8 Å². The zero-order valence-electron chi connectivity index (χ0n) is 27.1. The number of para-hydroxylation sites is 2. The van der Waals surface area contributed by atoms with Gasteiger partial charge in [0.15, 0.2) is 0 Å². The van der Waals surface area contributed by atoms with E-state index in [9.17, 15) is 26.4 Å². The summed E-state index contributed by atoms with van der Waals surface area (Å²) >= 11 is 0. The Morgan fingerprint density at radius 2 is 1.60 bits per heavy atom. The molecule has 1 atom stereocenters. The first-order chi connectivity index (χ1) is 22.6. The second-order valence-corrected chi connectivity index (χ2v) is 16.9. The smallest absolute Gasteiger partial charge is 0.315 e. The molecule has 0 aliphatic carbocycles. The normalized spacial score (nSPS) is 17.0. The zero-order chi connectivity index (χ0) is 34.5. The van der Waals surface area contributed by atoms with Crippen LogP contribution in [0.2, 0.25) is 0 Å². The van der Waals surface area contributed by atoms with Gasteiger partial charge in [-0.2, -0.15) is 8.42 Å². The molecule has 254 valence electrons. The van der Waals surface area contributed by atoms with Crippen LogP contribution in [0, 0.1) is 6.92 Å². The summed E-state index contributed by atoms with van der Waals surface area (Å²) in [5.41, 5.74) is 8.05. The van der Waals surface area contributed by atoms with Gasteiger partial charge in [0.25, 0.3) is 10.0 Å². The lowest BCUT2D eigenvalue weighted by Gasteiger charge is -2.41. The molecule has 0 saturated carbocycles. The van der Waals surface area contributed by atoms with Crippen LogP contribution in [0.4, 0.5) is 5.69 Å². The van der Waals surface area contributed by atoms with E-state index < -0.39 is 43.1 Å². The van der Waals surface area contributed by atoms with Crippen molar-refractivity contribution >= 4 is 48.6 Å². The molecule has 2 aliphatic heterocycles. The fraction of sp³-hybridized carbons (Fsp3) is 0.353. The number of H-pyrrole nitrogens is 1. The summed E-state index contributed by atoms with van der Waals surface area (Å²) in [6, 6.07) is 19.9. The van der Waals surface area contributed by atoms with Crippen LogP contribution in [0.25, 0.3) is 10.9 Å². The predicted molar refractivity (Wildman–Crippen MR) is 184 cm³/mol. The van der Waals surface area contributed by atoms with Gasteiger partial charge in [-0.3, -0.25) is 13.9 Å². The maximum Gasteiger partial charge on any atom is 0.315 e. The minimum absolute atomic E-state index is 0.0179. The summed E-state index contributed by atoms with van der Waals surface area (Å²) in [5.74, 6) is -0.706. The Balaban J connectivity index is 1.22. The van der Waals surface area contributed by atoms with Crippen molar-refractivity contribution in [3.63, 3.8) is 0 Å². The average Bonchev–Trinajstić information content (AvgIpc) is 3.60. The van der Waals surface area contributed by atoms with Crippen LogP contribution in [-0.2, 0) is 41.7 Å². The number of piperidine rings is 1. The molecule has 3 aromatic carbocycles. The SMILES string of the molecule is Cc1ccc(S(=O)(=O)NS(=O)(=O)N2CC3(CCN(C(=O)[C@@H](Cc4c[nH]c5ccccc45)NC(=O)C(C)(C)N)CC3)c3ccccc32)cc1. The number of carbonyl (C=O) groups is 2. The topological polar surface area (TPSA) is 175 Å². The highest BCUT2D eigenvalue weighted by molar-refractivity contribution is 8.05. The van der Waals surface area contributed by atoms with E-state index in [1.807, 2.05) is 46.7 Å². The quantitative estimate of drug-likeness (QED) is 0.209. The Morgan fingerprint density at radius 3 is 2.29 bits per heavy atom. The summed E-state index contributed by atoms with van der Waals surface area (Å²) in [4.78, 5) is 31.9. The first kappa shape index (κ1) is 33.7.